The lowest BCUT2D eigenvalue weighted by molar-refractivity contribution is 0.628. The summed E-state index contributed by atoms with van der Waals surface area (Å²) in [5.74, 6) is 1.31. The SMILES string of the molecule is CCNc1nc(-c2cc(F)cc(Cl)c2)nc(C2CC2)c1Br. The van der Waals surface area contributed by atoms with Crippen LogP contribution in [0.3, 0.4) is 0 Å². The molecule has 0 unspecified atom stereocenters. The Morgan fingerprint density at radius 2 is 2.10 bits per heavy atom. The molecule has 21 heavy (non-hydrogen) atoms. The summed E-state index contributed by atoms with van der Waals surface area (Å²) in [5, 5.41) is 3.56. The van der Waals surface area contributed by atoms with Crippen LogP contribution in [0.2, 0.25) is 5.02 Å². The van der Waals surface area contributed by atoms with Crippen molar-refractivity contribution in [2.24, 2.45) is 0 Å². The van der Waals surface area contributed by atoms with E-state index in [1.807, 2.05) is 6.92 Å². The second-order valence-electron chi connectivity index (χ2n) is 5.06. The molecule has 110 valence electrons. The molecule has 1 aliphatic carbocycles. The average molecular weight is 371 g/mol. The van der Waals surface area contributed by atoms with Crippen LogP contribution in [0.15, 0.2) is 22.7 Å². The lowest BCUT2D eigenvalue weighted by Gasteiger charge is -2.12. The van der Waals surface area contributed by atoms with Gasteiger partial charge in [-0.15, -0.1) is 0 Å². The summed E-state index contributed by atoms with van der Waals surface area (Å²) in [4.78, 5) is 9.10. The molecule has 0 bridgehead atoms. The van der Waals surface area contributed by atoms with Crippen LogP contribution in [-0.2, 0) is 0 Å². The smallest absolute Gasteiger partial charge is 0.162 e. The van der Waals surface area contributed by atoms with Crippen molar-refractivity contribution >= 4 is 33.3 Å². The number of nitrogens with zero attached hydrogens (tertiary/aromatic N) is 2. The van der Waals surface area contributed by atoms with Crippen molar-refractivity contribution in [3.8, 4) is 11.4 Å². The minimum atomic E-state index is -0.387. The Balaban J connectivity index is 2.12. The summed E-state index contributed by atoms with van der Waals surface area (Å²) in [6, 6.07) is 4.36. The molecule has 0 spiro atoms. The third-order valence-electron chi connectivity index (χ3n) is 3.31. The van der Waals surface area contributed by atoms with Gasteiger partial charge in [-0.2, -0.15) is 0 Å². The minimum Gasteiger partial charge on any atom is -0.369 e. The molecular formula is C15H14BrClFN3. The van der Waals surface area contributed by atoms with Gasteiger partial charge in [-0.25, -0.2) is 14.4 Å². The molecule has 6 heteroatoms. The molecule has 0 radical (unpaired) electrons. The first kappa shape index (κ1) is 14.7. The normalized spacial score (nSPS) is 14.3. The van der Waals surface area contributed by atoms with Crippen molar-refractivity contribution in [2.75, 3.05) is 11.9 Å². The van der Waals surface area contributed by atoms with Gasteiger partial charge in [-0.1, -0.05) is 11.6 Å². The fraction of sp³-hybridized carbons (Fsp3) is 0.333. The summed E-state index contributed by atoms with van der Waals surface area (Å²) < 4.78 is 14.4. The van der Waals surface area contributed by atoms with Gasteiger partial charge in [-0.05, 0) is 53.9 Å². The van der Waals surface area contributed by atoms with Crippen molar-refractivity contribution < 1.29 is 4.39 Å². The highest BCUT2D eigenvalue weighted by atomic mass is 79.9. The number of nitrogens with one attached hydrogen (secondary N) is 1. The summed E-state index contributed by atoms with van der Waals surface area (Å²) in [6.07, 6.45) is 2.26. The quantitative estimate of drug-likeness (QED) is 0.822. The van der Waals surface area contributed by atoms with E-state index in [9.17, 15) is 4.39 Å². The predicted molar refractivity (Wildman–Crippen MR) is 86.3 cm³/mol. The second-order valence-corrected chi connectivity index (χ2v) is 6.29. The Bertz CT molecular complexity index is 669. The molecule has 3 rings (SSSR count). The fourth-order valence-corrected chi connectivity index (χ4v) is 3.05. The van der Waals surface area contributed by atoms with E-state index in [1.54, 1.807) is 6.07 Å². The molecule has 0 amide bonds. The van der Waals surface area contributed by atoms with Crippen LogP contribution in [0.5, 0.6) is 0 Å². The average Bonchev–Trinajstić information content (AvgIpc) is 3.24. The Morgan fingerprint density at radius 3 is 2.71 bits per heavy atom. The van der Waals surface area contributed by atoms with Crippen LogP contribution >= 0.6 is 27.5 Å². The van der Waals surface area contributed by atoms with Crippen molar-refractivity contribution in [3.05, 3.63) is 39.2 Å². The molecule has 1 saturated carbocycles. The standard InChI is InChI=1S/C15H14BrClFN3/c1-2-19-15-12(16)13(8-3-4-8)20-14(21-15)9-5-10(17)7-11(18)6-9/h5-8H,2-4H2,1H3,(H,19,20,21). The highest BCUT2D eigenvalue weighted by Crippen LogP contribution is 2.44. The molecule has 0 saturated heterocycles. The summed E-state index contributed by atoms with van der Waals surface area (Å²) >= 11 is 9.50. The monoisotopic (exact) mass is 369 g/mol. The lowest BCUT2D eigenvalue weighted by Crippen LogP contribution is -2.06. The van der Waals surface area contributed by atoms with E-state index in [4.69, 9.17) is 11.6 Å². The maximum absolute atomic E-state index is 13.5. The van der Waals surface area contributed by atoms with Gasteiger partial charge in [0.15, 0.2) is 5.82 Å². The topological polar surface area (TPSA) is 37.8 Å². The first-order valence-corrected chi connectivity index (χ1v) is 8.03. The zero-order valence-corrected chi connectivity index (χ0v) is 13.8. The predicted octanol–water partition coefficient (Wildman–Crippen LogP) is 5.01. The van der Waals surface area contributed by atoms with Gasteiger partial charge in [0.1, 0.15) is 11.6 Å². The first-order valence-electron chi connectivity index (χ1n) is 6.86. The highest BCUT2D eigenvalue weighted by molar-refractivity contribution is 9.10. The van der Waals surface area contributed by atoms with Gasteiger partial charge >= 0.3 is 0 Å². The van der Waals surface area contributed by atoms with Crippen LogP contribution in [0.1, 0.15) is 31.4 Å². The lowest BCUT2D eigenvalue weighted by atomic mass is 10.2. The molecule has 2 aromatic rings. The minimum absolute atomic E-state index is 0.342. The van der Waals surface area contributed by atoms with E-state index in [2.05, 4.69) is 31.2 Å². The molecule has 1 aliphatic rings. The van der Waals surface area contributed by atoms with Crippen LogP contribution in [0, 0.1) is 5.82 Å². The van der Waals surface area contributed by atoms with Crippen molar-refractivity contribution in [3.63, 3.8) is 0 Å². The molecule has 1 fully saturated rings. The van der Waals surface area contributed by atoms with Crippen LogP contribution in [-0.4, -0.2) is 16.5 Å². The van der Waals surface area contributed by atoms with E-state index in [0.717, 1.165) is 35.4 Å². The van der Waals surface area contributed by atoms with Crippen LogP contribution < -0.4 is 5.32 Å². The Morgan fingerprint density at radius 1 is 1.33 bits per heavy atom. The largest absolute Gasteiger partial charge is 0.369 e. The highest BCUT2D eigenvalue weighted by Gasteiger charge is 2.29. The second kappa shape index (κ2) is 5.89. The van der Waals surface area contributed by atoms with Gasteiger partial charge < -0.3 is 5.32 Å². The Kier molecular flexibility index (Phi) is 4.13. The molecule has 1 heterocycles. The number of halogens is 3. The molecule has 3 nitrogen and oxygen atoms in total. The van der Waals surface area contributed by atoms with E-state index in [1.165, 1.54) is 12.1 Å². The molecule has 1 aromatic carbocycles. The number of anilines is 1. The molecule has 0 aliphatic heterocycles. The maximum atomic E-state index is 13.5. The summed E-state index contributed by atoms with van der Waals surface area (Å²) in [7, 11) is 0. The zero-order valence-electron chi connectivity index (χ0n) is 11.5. The van der Waals surface area contributed by atoms with Crippen molar-refractivity contribution in [2.45, 2.75) is 25.7 Å². The number of hydrogen-bond acceptors (Lipinski definition) is 3. The molecular weight excluding hydrogens is 357 g/mol. The Hall–Kier alpha value is -1.20. The number of benzene rings is 1. The maximum Gasteiger partial charge on any atom is 0.162 e. The summed E-state index contributed by atoms with van der Waals surface area (Å²) in [5.41, 5.74) is 1.57. The third kappa shape index (κ3) is 3.19. The molecule has 1 N–H and O–H groups in total. The molecule has 0 atom stereocenters. The molecule has 1 aromatic heterocycles. The zero-order chi connectivity index (χ0) is 15.0. The number of aromatic nitrogens is 2. The fourth-order valence-electron chi connectivity index (χ4n) is 2.19. The number of rotatable bonds is 4. The third-order valence-corrected chi connectivity index (χ3v) is 4.31. The van der Waals surface area contributed by atoms with E-state index >= 15 is 0 Å². The number of hydrogen-bond donors (Lipinski definition) is 1. The van der Waals surface area contributed by atoms with Crippen LogP contribution in [0.4, 0.5) is 10.2 Å². The van der Waals surface area contributed by atoms with Gasteiger partial charge in [0.05, 0.1) is 10.2 Å². The van der Waals surface area contributed by atoms with E-state index in [0.29, 0.717) is 22.3 Å². The van der Waals surface area contributed by atoms with E-state index < -0.39 is 0 Å². The van der Waals surface area contributed by atoms with Gasteiger partial charge in [-0.3, -0.25) is 0 Å². The van der Waals surface area contributed by atoms with Crippen molar-refractivity contribution in [1.82, 2.24) is 9.97 Å². The van der Waals surface area contributed by atoms with Gasteiger partial charge in [0.25, 0.3) is 0 Å². The van der Waals surface area contributed by atoms with Gasteiger partial charge in [0, 0.05) is 23.0 Å². The van der Waals surface area contributed by atoms with Crippen molar-refractivity contribution in [1.29, 1.82) is 0 Å². The van der Waals surface area contributed by atoms with E-state index in [-0.39, 0.29) is 5.82 Å². The Labute approximate surface area is 136 Å². The van der Waals surface area contributed by atoms with Crippen LogP contribution in [0.25, 0.3) is 11.4 Å². The van der Waals surface area contributed by atoms with Gasteiger partial charge in [0.2, 0.25) is 0 Å². The summed E-state index contributed by atoms with van der Waals surface area (Å²) in [6.45, 7) is 2.76. The first-order chi connectivity index (χ1) is 10.1.